The van der Waals surface area contributed by atoms with E-state index in [0.29, 0.717) is 12.2 Å². The summed E-state index contributed by atoms with van der Waals surface area (Å²) in [6, 6.07) is 15.3. The van der Waals surface area contributed by atoms with Crippen molar-refractivity contribution in [2.24, 2.45) is 7.05 Å². The van der Waals surface area contributed by atoms with Gasteiger partial charge >= 0.3 is 0 Å². The maximum Gasteiger partial charge on any atom is 0.228 e. The fraction of sp³-hybridized carbons (Fsp3) is 0.211. The van der Waals surface area contributed by atoms with Crippen LogP contribution in [0.4, 0.5) is 5.69 Å². The summed E-state index contributed by atoms with van der Waals surface area (Å²) in [4.78, 5) is 29.1. The number of nitrogens with zero attached hydrogens (tertiary/aromatic N) is 2. The zero-order chi connectivity index (χ0) is 17.4. The number of carbonyl (C=O) groups is 2. The van der Waals surface area contributed by atoms with E-state index in [1.807, 2.05) is 60.1 Å². The molecule has 2 aromatic carbocycles. The Kier molecular flexibility index (Phi) is 3.72. The average molecular weight is 334 g/mol. The van der Waals surface area contributed by atoms with E-state index in [4.69, 9.17) is 0 Å². The predicted molar refractivity (Wildman–Crippen MR) is 95.0 cm³/mol. The molecule has 6 heteroatoms. The first-order valence-corrected chi connectivity index (χ1v) is 8.20. The monoisotopic (exact) mass is 334 g/mol. The number of nitrogens with one attached hydrogen (secondary N) is 2. The number of aryl methyl sites for hydroxylation is 1. The number of imidazole rings is 1. The van der Waals surface area contributed by atoms with E-state index in [-0.39, 0.29) is 18.2 Å². The van der Waals surface area contributed by atoms with E-state index in [1.54, 1.807) is 0 Å². The molecule has 6 nitrogen and oxygen atoms in total. The Morgan fingerprint density at radius 1 is 1.24 bits per heavy atom. The van der Waals surface area contributed by atoms with Gasteiger partial charge in [0.05, 0.1) is 23.5 Å². The van der Waals surface area contributed by atoms with Crippen molar-refractivity contribution in [1.29, 1.82) is 0 Å². The minimum absolute atomic E-state index is 0.137. The van der Waals surface area contributed by atoms with Crippen LogP contribution in [0.2, 0.25) is 0 Å². The summed E-state index contributed by atoms with van der Waals surface area (Å²) in [6.45, 7) is 0.324. The highest BCUT2D eigenvalue weighted by molar-refractivity contribution is 6.01. The number of hydrogen-bond donors (Lipinski definition) is 2. The van der Waals surface area contributed by atoms with Crippen molar-refractivity contribution in [2.45, 2.75) is 18.9 Å². The highest BCUT2D eigenvalue weighted by Gasteiger charge is 2.30. The average Bonchev–Trinajstić information content (AvgIpc) is 2.95. The molecule has 0 spiro atoms. The lowest BCUT2D eigenvalue weighted by molar-refractivity contribution is -0.126. The van der Waals surface area contributed by atoms with Gasteiger partial charge in [0, 0.05) is 19.2 Å². The molecule has 0 aliphatic carbocycles. The standard InChI is InChI=1S/C19H18N4O2/c1-23-16-9-5-4-8-15(16)21-17(23)11-20-19(25)13-10-18(24)22-14-7-3-2-6-12(13)14/h2-9,13H,10-11H2,1H3,(H,20,25)(H,22,24). The van der Waals surface area contributed by atoms with Gasteiger partial charge in [-0.15, -0.1) is 0 Å². The van der Waals surface area contributed by atoms with Crippen LogP contribution in [-0.2, 0) is 23.2 Å². The molecule has 0 bridgehead atoms. The third kappa shape index (κ3) is 2.76. The van der Waals surface area contributed by atoms with Gasteiger partial charge in [-0.05, 0) is 23.8 Å². The summed E-state index contributed by atoms with van der Waals surface area (Å²) in [5.74, 6) is 0.0127. The molecule has 1 aliphatic rings. The third-order valence-electron chi connectivity index (χ3n) is 4.62. The van der Waals surface area contributed by atoms with Crippen molar-refractivity contribution in [3.05, 3.63) is 59.9 Å². The molecule has 3 aromatic rings. The molecule has 2 amide bonds. The van der Waals surface area contributed by atoms with E-state index >= 15 is 0 Å². The first kappa shape index (κ1) is 15.4. The van der Waals surface area contributed by atoms with Crippen LogP contribution >= 0.6 is 0 Å². The Labute approximate surface area is 144 Å². The van der Waals surface area contributed by atoms with Crippen molar-refractivity contribution < 1.29 is 9.59 Å². The van der Waals surface area contributed by atoms with Crippen LogP contribution in [0.5, 0.6) is 0 Å². The molecule has 0 saturated carbocycles. The molecular formula is C19H18N4O2. The predicted octanol–water partition coefficient (Wildman–Crippen LogP) is 2.32. The van der Waals surface area contributed by atoms with Gasteiger partial charge < -0.3 is 15.2 Å². The SMILES string of the molecule is Cn1c(CNC(=O)C2CC(=O)Nc3ccccc32)nc2ccccc21. The zero-order valence-electron chi connectivity index (χ0n) is 13.8. The summed E-state index contributed by atoms with van der Waals surface area (Å²) in [7, 11) is 1.93. The highest BCUT2D eigenvalue weighted by atomic mass is 16.2. The zero-order valence-corrected chi connectivity index (χ0v) is 13.8. The largest absolute Gasteiger partial charge is 0.348 e. The molecule has 2 N–H and O–H groups in total. The first-order valence-electron chi connectivity index (χ1n) is 8.20. The molecular weight excluding hydrogens is 316 g/mol. The highest BCUT2D eigenvalue weighted by Crippen LogP contribution is 2.32. The lowest BCUT2D eigenvalue weighted by atomic mass is 9.90. The van der Waals surface area contributed by atoms with Gasteiger partial charge in [-0.3, -0.25) is 9.59 Å². The number of carbonyl (C=O) groups excluding carboxylic acids is 2. The second kappa shape index (κ2) is 6.05. The fourth-order valence-electron chi connectivity index (χ4n) is 3.29. The number of anilines is 1. The van der Waals surface area contributed by atoms with Gasteiger partial charge in [-0.2, -0.15) is 0 Å². The van der Waals surface area contributed by atoms with E-state index in [1.165, 1.54) is 0 Å². The molecule has 0 fully saturated rings. The Hall–Kier alpha value is -3.15. The van der Waals surface area contributed by atoms with Crippen molar-refractivity contribution >= 4 is 28.5 Å². The van der Waals surface area contributed by atoms with Gasteiger partial charge in [-0.1, -0.05) is 30.3 Å². The fourth-order valence-corrected chi connectivity index (χ4v) is 3.29. The lowest BCUT2D eigenvalue weighted by Crippen LogP contribution is -2.35. The van der Waals surface area contributed by atoms with Crippen molar-refractivity contribution in [3.8, 4) is 0 Å². The van der Waals surface area contributed by atoms with E-state index in [2.05, 4.69) is 15.6 Å². The Balaban J connectivity index is 1.54. The van der Waals surface area contributed by atoms with Gasteiger partial charge in [-0.25, -0.2) is 4.98 Å². The van der Waals surface area contributed by atoms with E-state index < -0.39 is 5.92 Å². The number of benzene rings is 2. The molecule has 1 unspecified atom stereocenters. The Morgan fingerprint density at radius 2 is 2.00 bits per heavy atom. The maximum absolute atomic E-state index is 12.7. The smallest absolute Gasteiger partial charge is 0.228 e. The Bertz CT molecular complexity index is 976. The maximum atomic E-state index is 12.7. The van der Waals surface area contributed by atoms with Crippen LogP contribution in [0, 0.1) is 0 Å². The number of aromatic nitrogens is 2. The quantitative estimate of drug-likeness (QED) is 0.772. The minimum Gasteiger partial charge on any atom is -0.348 e. The van der Waals surface area contributed by atoms with Crippen molar-refractivity contribution in [1.82, 2.24) is 14.9 Å². The molecule has 1 atom stereocenters. The van der Waals surface area contributed by atoms with Gasteiger partial charge in [0.2, 0.25) is 11.8 Å². The summed E-state index contributed by atoms with van der Waals surface area (Å²) in [6.07, 6.45) is 0.158. The minimum atomic E-state index is -0.473. The molecule has 0 saturated heterocycles. The number of rotatable bonds is 3. The summed E-state index contributed by atoms with van der Waals surface area (Å²) in [5, 5.41) is 5.74. The second-order valence-electron chi connectivity index (χ2n) is 6.19. The van der Waals surface area contributed by atoms with Gasteiger partial charge in [0.1, 0.15) is 5.82 Å². The van der Waals surface area contributed by atoms with Gasteiger partial charge in [0.15, 0.2) is 0 Å². The number of amides is 2. The number of fused-ring (bicyclic) bond motifs is 2. The van der Waals surface area contributed by atoms with Crippen LogP contribution in [0.3, 0.4) is 0 Å². The normalized spacial score (nSPS) is 16.4. The molecule has 2 heterocycles. The summed E-state index contributed by atoms with van der Waals surface area (Å²) < 4.78 is 1.97. The van der Waals surface area contributed by atoms with Crippen molar-refractivity contribution in [2.75, 3.05) is 5.32 Å². The van der Waals surface area contributed by atoms with E-state index in [9.17, 15) is 9.59 Å². The molecule has 126 valence electrons. The summed E-state index contributed by atoms with van der Waals surface area (Å²) >= 11 is 0. The molecule has 4 rings (SSSR count). The molecule has 1 aromatic heterocycles. The van der Waals surface area contributed by atoms with Gasteiger partial charge in [0.25, 0.3) is 0 Å². The lowest BCUT2D eigenvalue weighted by Gasteiger charge is -2.24. The molecule has 0 radical (unpaired) electrons. The first-order chi connectivity index (χ1) is 12.1. The van der Waals surface area contributed by atoms with Crippen molar-refractivity contribution in [3.63, 3.8) is 0 Å². The topological polar surface area (TPSA) is 76.0 Å². The second-order valence-corrected chi connectivity index (χ2v) is 6.19. The number of para-hydroxylation sites is 3. The Morgan fingerprint density at radius 3 is 2.84 bits per heavy atom. The molecule has 25 heavy (non-hydrogen) atoms. The van der Waals surface area contributed by atoms with Crippen LogP contribution in [0.15, 0.2) is 48.5 Å². The molecule has 1 aliphatic heterocycles. The number of hydrogen-bond acceptors (Lipinski definition) is 3. The van der Waals surface area contributed by atoms with Crippen LogP contribution in [0.25, 0.3) is 11.0 Å². The van der Waals surface area contributed by atoms with Crippen LogP contribution in [-0.4, -0.2) is 21.4 Å². The van der Waals surface area contributed by atoms with Crippen LogP contribution in [0.1, 0.15) is 23.7 Å². The summed E-state index contributed by atoms with van der Waals surface area (Å²) in [5.41, 5.74) is 3.48. The third-order valence-corrected chi connectivity index (χ3v) is 4.62. The van der Waals surface area contributed by atoms with Crippen LogP contribution < -0.4 is 10.6 Å². The van der Waals surface area contributed by atoms with E-state index in [0.717, 1.165) is 22.4 Å².